The molecule has 1 aliphatic heterocycles. The van der Waals surface area contributed by atoms with Gasteiger partial charge in [-0.15, -0.1) is 18.7 Å². The molecule has 40 heavy (non-hydrogen) atoms. The number of hydrazine groups is 2. The standard InChI is InChI=1S/C28H29ClF3N7O/c1-27(2,3)15-35-24-16(12-33)13-34-25-20(24)10-17(11-21(25)29)36-26(22-14-39(38-37-22)18-8-9-18)19-6-4-5-7-23(19)40-28(30,31)32/h4-7,10-11,13-14,18,26,36-38H,8-9,15H2,1-3H3,(H,34,35)/t26-/m0/s1. The molecule has 210 valence electrons. The molecule has 1 fully saturated rings. The third kappa shape index (κ3) is 6.29. The predicted molar refractivity (Wildman–Crippen MR) is 148 cm³/mol. The minimum atomic E-state index is -4.87. The molecule has 0 bridgehead atoms. The van der Waals surface area contributed by atoms with E-state index in [1.54, 1.807) is 24.3 Å². The number of aromatic nitrogens is 1. The fourth-order valence-electron chi connectivity index (χ4n) is 4.44. The van der Waals surface area contributed by atoms with E-state index < -0.39 is 12.4 Å². The molecule has 2 heterocycles. The van der Waals surface area contributed by atoms with Crippen molar-refractivity contribution in [1.82, 2.24) is 21.0 Å². The summed E-state index contributed by atoms with van der Waals surface area (Å²) >= 11 is 6.66. The maximum Gasteiger partial charge on any atom is 0.573 e. The van der Waals surface area contributed by atoms with E-state index in [0.29, 0.717) is 51.1 Å². The van der Waals surface area contributed by atoms with Gasteiger partial charge >= 0.3 is 6.36 Å². The van der Waals surface area contributed by atoms with Gasteiger partial charge in [-0.3, -0.25) is 9.99 Å². The monoisotopic (exact) mass is 571 g/mol. The maximum absolute atomic E-state index is 13.3. The molecule has 3 aromatic rings. The van der Waals surface area contributed by atoms with Crippen molar-refractivity contribution in [3.63, 3.8) is 0 Å². The maximum atomic E-state index is 13.3. The van der Waals surface area contributed by atoms with Gasteiger partial charge in [-0.2, -0.15) is 5.26 Å². The molecule has 0 radical (unpaired) electrons. The fourth-order valence-corrected chi connectivity index (χ4v) is 4.71. The molecule has 2 aliphatic rings. The highest BCUT2D eigenvalue weighted by Gasteiger charge is 2.36. The van der Waals surface area contributed by atoms with Crippen LogP contribution in [0.2, 0.25) is 5.02 Å². The van der Waals surface area contributed by atoms with Crippen molar-refractivity contribution in [2.45, 2.75) is 52.1 Å². The zero-order valence-electron chi connectivity index (χ0n) is 22.2. The van der Waals surface area contributed by atoms with Crippen molar-refractivity contribution in [3.8, 4) is 11.8 Å². The van der Waals surface area contributed by atoms with Gasteiger partial charge in [0, 0.05) is 41.6 Å². The van der Waals surface area contributed by atoms with Crippen LogP contribution in [0.25, 0.3) is 10.9 Å². The zero-order chi connectivity index (χ0) is 28.7. The van der Waals surface area contributed by atoms with Gasteiger partial charge in [0.1, 0.15) is 11.8 Å². The number of nitrogens with one attached hydrogen (secondary N) is 4. The van der Waals surface area contributed by atoms with E-state index in [9.17, 15) is 18.4 Å². The van der Waals surface area contributed by atoms with Gasteiger partial charge in [0.05, 0.1) is 33.5 Å². The second-order valence-electron chi connectivity index (χ2n) is 11.0. The van der Waals surface area contributed by atoms with Gasteiger partial charge in [-0.1, -0.05) is 50.6 Å². The summed E-state index contributed by atoms with van der Waals surface area (Å²) in [4.78, 5) is 4.40. The van der Waals surface area contributed by atoms with Crippen molar-refractivity contribution in [2.75, 3.05) is 17.2 Å². The Hall–Kier alpha value is -3.88. The highest BCUT2D eigenvalue weighted by molar-refractivity contribution is 6.35. The van der Waals surface area contributed by atoms with Crippen molar-refractivity contribution >= 4 is 33.9 Å². The molecule has 0 spiro atoms. The second kappa shape index (κ2) is 10.6. The molecule has 2 aromatic carbocycles. The highest BCUT2D eigenvalue weighted by atomic mass is 35.5. The summed E-state index contributed by atoms with van der Waals surface area (Å²) < 4.78 is 44.3. The Morgan fingerprint density at radius 2 is 1.98 bits per heavy atom. The first-order valence-electron chi connectivity index (χ1n) is 12.8. The average Bonchev–Trinajstić information content (AvgIpc) is 3.61. The van der Waals surface area contributed by atoms with E-state index in [0.717, 1.165) is 12.8 Å². The van der Waals surface area contributed by atoms with Crippen LogP contribution in [0.3, 0.4) is 0 Å². The number of alkyl halides is 3. The van der Waals surface area contributed by atoms with E-state index in [2.05, 4.69) is 58.2 Å². The van der Waals surface area contributed by atoms with Crippen LogP contribution in [-0.2, 0) is 0 Å². The van der Waals surface area contributed by atoms with Crippen LogP contribution in [0.15, 0.2) is 54.5 Å². The minimum absolute atomic E-state index is 0.0731. The van der Waals surface area contributed by atoms with Crippen LogP contribution in [-0.4, -0.2) is 28.9 Å². The number of rotatable bonds is 8. The molecule has 1 aliphatic carbocycles. The number of pyridine rings is 1. The van der Waals surface area contributed by atoms with E-state index in [-0.39, 0.29) is 16.7 Å². The highest BCUT2D eigenvalue weighted by Crippen LogP contribution is 2.39. The van der Waals surface area contributed by atoms with Crippen molar-refractivity contribution in [2.24, 2.45) is 5.41 Å². The summed E-state index contributed by atoms with van der Waals surface area (Å²) in [6.45, 7) is 6.80. The number of benzene rings is 2. The van der Waals surface area contributed by atoms with E-state index in [1.807, 2.05) is 11.2 Å². The third-order valence-electron chi connectivity index (χ3n) is 6.47. The third-order valence-corrected chi connectivity index (χ3v) is 6.75. The number of anilines is 2. The summed E-state index contributed by atoms with van der Waals surface area (Å²) in [5.74, 6) is -0.326. The van der Waals surface area contributed by atoms with Gasteiger partial charge in [-0.05, 0) is 36.5 Å². The Balaban J connectivity index is 1.59. The van der Waals surface area contributed by atoms with E-state index in [1.165, 1.54) is 18.3 Å². The molecule has 0 saturated heterocycles. The molecule has 1 saturated carbocycles. The average molecular weight is 572 g/mol. The zero-order valence-corrected chi connectivity index (χ0v) is 22.9. The Labute approximate surface area is 235 Å². The number of hydrogen-bond donors (Lipinski definition) is 4. The molecule has 0 unspecified atom stereocenters. The topological polar surface area (TPSA) is 97.3 Å². The summed E-state index contributed by atoms with van der Waals surface area (Å²) in [5, 5.41) is 19.3. The Morgan fingerprint density at radius 3 is 2.65 bits per heavy atom. The molecular formula is C28H29ClF3N7O. The van der Waals surface area contributed by atoms with Gasteiger partial charge in [0.25, 0.3) is 0 Å². The molecule has 1 atom stereocenters. The summed E-state index contributed by atoms with van der Waals surface area (Å²) in [6.07, 6.45) is 0.487. The van der Waals surface area contributed by atoms with Crippen molar-refractivity contribution in [1.29, 1.82) is 5.26 Å². The summed E-state index contributed by atoms with van der Waals surface area (Å²) in [7, 11) is 0. The number of fused-ring (bicyclic) bond motifs is 1. The SMILES string of the molecule is CC(C)(C)CNc1c(C#N)cnc2c(Cl)cc(N[C@H](C3=CN(C4CC4)NN3)c3ccccc3OC(F)(F)F)cc12. The van der Waals surface area contributed by atoms with Crippen LogP contribution in [0, 0.1) is 16.7 Å². The minimum Gasteiger partial charge on any atom is -0.405 e. The Kier molecular flexibility index (Phi) is 7.33. The lowest BCUT2D eigenvalue weighted by Crippen LogP contribution is -2.38. The summed E-state index contributed by atoms with van der Waals surface area (Å²) in [5.41, 5.74) is 8.92. The number of nitrogens with zero attached hydrogens (tertiary/aromatic N) is 3. The Morgan fingerprint density at radius 1 is 1.23 bits per heavy atom. The second-order valence-corrected chi connectivity index (χ2v) is 11.5. The van der Waals surface area contributed by atoms with Crippen LogP contribution >= 0.6 is 11.6 Å². The predicted octanol–water partition coefficient (Wildman–Crippen LogP) is 6.60. The van der Waals surface area contributed by atoms with Crippen molar-refractivity contribution < 1.29 is 17.9 Å². The number of nitriles is 1. The molecule has 4 N–H and O–H groups in total. The molecule has 12 heteroatoms. The lowest BCUT2D eigenvalue weighted by atomic mass is 9.96. The van der Waals surface area contributed by atoms with Crippen molar-refractivity contribution in [3.05, 3.63) is 70.6 Å². The Bertz CT molecular complexity index is 1490. The molecule has 0 amide bonds. The first-order valence-corrected chi connectivity index (χ1v) is 13.2. The van der Waals surface area contributed by atoms with E-state index in [4.69, 9.17) is 11.6 Å². The quantitative estimate of drug-likeness (QED) is 0.240. The smallest absolute Gasteiger partial charge is 0.405 e. The molecular weight excluding hydrogens is 543 g/mol. The van der Waals surface area contributed by atoms with Crippen LogP contribution in [0.4, 0.5) is 24.5 Å². The first kappa shape index (κ1) is 27.7. The summed E-state index contributed by atoms with van der Waals surface area (Å²) in [6, 6.07) is 11.2. The normalized spacial score (nSPS) is 16.2. The van der Waals surface area contributed by atoms with Gasteiger partial charge < -0.3 is 20.8 Å². The van der Waals surface area contributed by atoms with Gasteiger partial charge in [0.2, 0.25) is 0 Å². The van der Waals surface area contributed by atoms with Gasteiger partial charge in [-0.25, -0.2) is 0 Å². The largest absolute Gasteiger partial charge is 0.573 e. The number of ether oxygens (including phenoxy) is 1. The number of halogens is 4. The lowest BCUT2D eigenvalue weighted by molar-refractivity contribution is -0.274. The number of hydrogen-bond acceptors (Lipinski definition) is 8. The fraction of sp³-hybridized carbons (Fsp3) is 0.357. The van der Waals surface area contributed by atoms with Crippen LogP contribution in [0.5, 0.6) is 5.75 Å². The molecule has 8 nitrogen and oxygen atoms in total. The van der Waals surface area contributed by atoms with Crippen LogP contribution < -0.4 is 26.3 Å². The van der Waals surface area contributed by atoms with E-state index >= 15 is 0 Å². The van der Waals surface area contributed by atoms with Gasteiger partial charge in [0.15, 0.2) is 0 Å². The first-order chi connectivity index (χ1) is 18.9. The number of para-hydroxylation sites is 1. The molecule has 1 aromatic heterocycles. The van der Waals surface area contributed by atoms with Crippen LogP contribution in [0.1, 0.15) is 50.8 Å². The lowest BCUT2D eigenvalue weighted by Gasteiger charge is -2.25. The molecule has 5 rings (SSSR count).